The molecule has 4 fully saturated rings. The fraction of sp³-hybridized carbons (Fsp3) is 0.810. The zero-order valence-electron chi connectivity index (χ0n) is 17.0. The van der Waals surface area contributed by atoms with E-state index in [1.165, 1.54) is 19.3 Å². The summed E-state index contributed by atoms with van der Waals surface area (Å²) in [6.07, 6.45) is 3.89. The molecule has 6 heteroatoms. The summed E-state index contributed by atoms with van der Waals surface area (Å²) in [5, 5.41) is 7.12. The maximum atomic E-state index is 12.5. The van der Waals surface area contributed by atoms with Crippen LogP contribution < -0.4 is 5.32 Å². The highest BCUT2D eigenvalue weighted by Gasteiger charge is 2.53. The number of aromatic nitrogens is 1. The van der Waals surface area contributed by atoms with Gasteiger partial charge in [0.2, 0.25) is 0 Å². The molecule has 0 spiro atoms. The van der Waals surface area contributed by atoms with Gasteiger partial charge in [0.25, 0.3) is 5.91 Å². The summed E-state index contributed by atoms with van der Waals surface area (Å²) in [6, 6.07) is 1.81. The summed E-state index contributed by atoms with van der Waals surface area (Å²) >= 11 is 0. The Morgan fingerprint density at radius 3 is 2.67 bits per heavy atom. The Bertz CT molecular complexity index is 661. The standard InChI is InChI=1S/C21H34N4O2/c1-4-24-7-9-25(10-8-24)14-17-12-19(23-27-17)20(26)22-13-15-5-6-16-11-18(15)21(16,2)3/h12,15-16,18H,4-11,13-14H2,1-3H3,(H,22,26)/t15-,16-,18-/m1/s1. The quantitative estimate of drug-likeness (QED) is 0.829. The first-order valence-electron chi connectivity index (χ1n) is 10.7. The van der Waals surface area contributed by atoms with Crippen molar-refractivity contribution in [1.29, 1.82) is 0 Å². The van der Waals surface area contributed by atoms with Crippen molar-refractivity contribution in [2.45, 2.75) is 46.6 Å². The number of carbonyl (C=O) groups excluding carboxylic acids is 1. The van der Waals surface area contributed by atoms with Gasteiger partial charge in [-0.15, -0.1) is 0 Å². The number of amides is 1. The van der Waals surface area contributed by atoms with Crippen LogP contribution >= 0.6 is 0 Å². The average molecular weight is 375 g/mol. The zero-order valence-corrected chi connectivity index (χ0v) is 17.0. The molecule has 1 amide bonds. The lowest BCUT2D eigenvalue weighted by atomic mass is 9.45. The number of carbonyl (C=O) groups is 1. The van der Waals surface area contributed by atoms with E-state index in [2.05, 4.69) is 41.0 Å². The molecule has 150 valence electrons. The van der Waals surface area contributed by atoms with Crippen molar-refractivity contribution >= 4 is 5.91 Å². The number of hydrogen-bond donors (Lipinski definition) is 1. The highest BCUT2D eigenvalue weighted by molar-refractivity contribution is 5.92. The molecule has 1 N–H and O–H groups in total. The molecule has 6 nitrogen and oxygen atoms in total. The Kier molecular flexibility index (Phi) is 5.30. The lowest BCUT2D eigenvalue weighted by molar-refractivity contribution is -0.103. The third-order valence-electron chi connectivity index (χ3n) is 7.61. The van der Waals surface area contributed by atoms with Gasteiger partial charge < -0.3 is 14.7 Å². The Morgan fingerprint density at radius 2 is 2.00 bits per heavy atom. The lowest BCUT2D eigenvalue weighted by Crippen LogP contribution is -2.54. The van der Waals surface area contributed by atoms with E-state index in [0.29, 0.717) is 17.0 Å². The maximum Gasteiger partial charge on any atom is 0.273 e. The van der Waals surface area contributed by atoms with Gasteiger partial charge in [-0.2, -0.15) is 0 Å². The first-order valence-corrected chi connectivity index (χ1v) is 10.7. The van der Waals surface area contributed by atoms with E-state index < -0.39 is 0 Å². The fourth-order valence-electron chi connectivity index (χ4n) is 5.50. The molecule has 1 aliphatic heterocycles. The summed E-state index contributed by atoms with van der Waals surface area (Å²) in [6.45, 7) is 13.9. The molecule has 2 heterocycles. The Balaban J connectivity index is 1.25. The van der Waals surface area contributed by atoms with Gasteiger partial charge in [0.15, 0.2) is 11.5 Å². The van der Waals surface area contributed by atoms with Crippen LogP contribution in [0, 0.1) is 23.2 Å². The van der Waals surface area contributed by atoms with Crippen LogP contribution in [0.25, 0.3) is 0 Å². The van der Waals surface area contributed by atoms with Crippen LogP contribution in [0.2, 0.25) is 0 Å². The highest BCUT2D eigenvalue weighted by Crippen LogP contribution is 2.61. The number of likely N-dealkylation sites (N-methyl/N-ethyl adjacent to an activating group) is 1. The van der Waals surface area contributed by atoms with Crippen molar-refractivity contribution in [2.24, 2.45) is 23.2 Å². The molecule has 5 rings (SSSR count). The van der Waals surface area contributed by atoms with E-state index in [9.17, 15) is 4.79 Å². The molecule has 3 atom stereocenters. The van der Waals surface area contributed by atoms with Crippen LogP contribution in [0.4, 0.5) is 0 Å². The van der Waals surface area contributed by atoms with Crippen molar-refractivity contribution in [3.8, 4) is 0 Å². The van der Waals surface area contributed by atoms with Gasteiger partial charge in [0.1, 0.15) is 0 Å². The molecule has 27 heavy (non-hydrogen) atoms. The van der Waals surface area contributed by atoms with Crippen LogP contribution in [0.3, 0.4) is 0 Å². The second-order valence-corrected chi connectivity index (χ2v) is 9.30. The molecule has 4 aliphatic rings. The van der Waals surface area contributed by atoms with Crippen LogP contribution in [-0.2, 0) is 6.54 Å². The number of nitrogens with one attached hydrogen (secondary N) is 1. The predicted molar refractivity (Wildman–Crippen MR) is 104 cm³/mol. The van der Waals surface area contributed by atoms with Gasteiger partial charge in [0.05, 0.1) is 6.54 Å². The average Bonchev–Trinajstić information content (AvgIpc) is 3.15. The molecule has 1 saturated heterocycles. The van der Waals surface area contributed by atoms with E-state index in [1.807, 2.05) is 6.07 Å². The van der Waals surface area contributed by atoms with Gasteiger partial charge in [-0.1, -0.05) is 25.9 Å². The second-order valence-electron chi connectivity index (χ2n) is 9.30. The van der Waals surface area contributed by atoms with Gasteiger partial charge in [0, 0.05) is 38.8 Å². The fourth-order valence-corrected chi connectivity index (χ4v) is 5.50. The van der Waals surface area contributed by atoms with E-state index in [4.69, 9.17) is 4.52 Å². The van der Waals surface area contributed by atoms with E-state index >= 15 is 0 Å². The molecule has 1 aromatic rings. The topological polar surface area (TPSA) is 61.6 Å². The number of hydrogen-bond acceptors (Lipinski definition) is 5. The minimum atomic E-state index is -0.0972. The Morgan fingerprint density at radius 1 is 1.26 bits per heavy atom. The molecular weight excluding hydrogens is 340 g/mol. The summed E-state index contributed by atoms with van der Waals surface area (Å²) in [5.41, 5.74) is 0.870. The van der Waals surface area contributed by atoms with Crippen LogP contribution in [0.1, 0.15) is 56.3 Å². The van der Waals surface area contributed by atoms with Crippen molar-refractivity contribution in [3.63, 3.8) is 0 Å². The summed E-state index contributed by atoms with van der Waals surface area (Å²) in [7, 11) is 0. The molecule has 0 unspecified atom stereocenters. The van der Waals surface area contributed by atoms with Crippen molar-refractivity contribution < 1.29 is 9.32 Å². The Labute approximate surface area is 162 Å². The zero-order chi connectivity index (χ0) is 19.0. The molecule has 0 aromatic carbocycles. The Hall–Kier alpha value is -1.40. The SMILES string of the molecule is CCN1CCN(Cc2cc(C(=O)NC[C@H]3CC[C@@H]4C[C@H]3C4(C)C)no2)CC1. The molecule has 3 saturated carbocycles. The molecular formula is C21H34N4O2. The normalized spacial score (nSPS) is 30.7. The van der Waals surface area contributed by atoms with Crippen LogP contribution in [0.5, 0.6) is 0 Å². The third kappa shape index (κ3) is 3.79. The number of rotatable bonds is 6. The highest BCUT2D eigenvalue weighted by atomic mass is 16.5. The van der Waals surface area contributed by atoms with Crippen LogP contribution in [0.15, 0.2) is 10.6 Å². The summed E-state index contributed by atoms with van der Waals surface area (Å²) < 4.78 is 5.43. The first kappa shape index (κ1) is 18.9. The number of nitrogens with zero attached hydrogens (tertiary/aromatic N) is 3. The minimum Gasteiger partial charge on any atom is -0.359 e. The van der Waals surface area contributed by atoms with Gasteiger partial charge in [-0.05, 0) is 49.0 Å². The van der Waals surface area contributed by atoms with Crippen molar-refractivity contribution in [2.75, 3.05) is 39.3 Å². The van der Waals surface area contributed by atoms with Crippen molar-refractivity contribution in [1.82, 2.24) is 20.3 Å². The molecule has 0 radical (unpaired) electrons. The smallest absolute Gasteiger partial charge is 0.273 e. The summed E-state index contributed by atoms with van der Waals surface area (Å²) in [4.78, 5) is 17.3. The number of piperazine rings is 1. The lowest BCUT2D eigenvalue weighted by Gasteiger charge is -2.60. The van der Waals surface area contributed by atoms with Crippen LogP contribution in [-0.4, -0.2) is 60.1 Å². The number of fused-ring (bicyclic) bond motifs is 2. The van der Waals surface area contributed by atoms with Gasteiger partial charge in [-0.25, -0.2) is 0 Å². The predicted octanol–water partition coefficient (Wildman–Crippen LogP) is 2.61. The maximum absolute atomic E-state index is 12.5. The first-order chi connectivity index (χ1) is 13.0. The largest absolute Gasteiger partial charge is 0.359 e. The van der Waals surface area contributed by atoms with Gasteiger partial charge in [-0.3, -0.25) is 9.69 Å². The monoisotopic (exact) mass is 374 g/mol. The summed E-state index contributed by atoms with van der Waals surface area (Å²) in [5.74, 6) is 2.94. The molecule has 3 aliphatic carbocycles. The van der Waals surface area contributed by atoms with Gasteiger partial charge >= 0.3 is 0 Å². The second kappa shape index (κ2) is 7.55. The minimum absolute atomic E-state index is 0.0972. The molecule has 1 aromatic heterocycles. The molecule has 2 bridgehead atoms. The van der Waals surface area contributed by atoms with E-state index in [-0.39, 0.29) is 5.91 Å². The van der Waals surface area contributed by atoms with Crippen molar-refractivity contribution in [3.05, 3.63) is 17.5 Å². The van der Waals surface area contributed by atoms with E-state index in [0.717, 1.165) is 63.4 Å². The third-order valence-corrected chi connectivity index (χ3v) is 7.61. The van der Waals surface area contributed by atoms with E-state index in [1.54, 1.807) is 0 Å².